The molecule has 0 aromatic heterocycles. The van der Waals surface area contributed by atoms with Gasteiger partial charge in [0, 0.05) is 26.1 Å². The maximum Gasteiger partial charge on any atom is 0.396 e. The molecule has 1 aliphatic heterocycles. The number of carbonyl (C=O) groups excluding carboxylic acids is 3. The van der Waals surface area contributed by atoms with Gasteiger partial charge in [-0.25, -0.2) is 4.79 Å². The van der Waals surface area contributed by atoms with E-state index in [1.54, 1.807) is 4.90 Å². The number of hydrogen-bond acceptors (Lipinski definition) is 4. The summed E-state index contributed by atoms with van der Waals surface area (Å²) in [5.41, 5.74) is 0. The summed E-state index contributed by atoms with van der Waals surface area (Å²) >= 11 is 0. The van der Waals surface area contributed by atoms with Crippen LogP contribution in [0.5, 0.6) is 0 Å². The third kappa shape index (κ3) is 4.42. The first-order valence-electron chi connectivity index (χ1n) is 5.79. The lowest BCUT2D eigenvalue weighted by Crippen LogP contribution is -2.39. The summed E-state index contributed by atoms with van der Waals surface area (Å²) in [6.07, 6.45) is 3.48. The van der Waals surface area contributed by atoms with E-state index in [2.05, 4.69) is 10.1 Å². The van der Waals surface area contributed by atoms with Crippen molar-refractivity contribution in [2.24, 2.45) is 0 Å². The highest BCUT2D eigenvalue weighted by molar-refractivity contribution is 6.32. The first kappa shape index (κ1) is 13.5. The van der Waals surface area contributed by atoms with Gasteiger partial charge in [-0.15, -0.1) is 0 Å². The van der Waals surface area contributed by atoms with Crippen molar-refractivity contribution in [1.82, 2.24) is 10.2 Å². The highest BCUT2D eigenvalue weighted by atomic mass is 16.5. The molecule has 0 spiro atoms. The monoisotopic (exact) mass is 242 g/mol. The van der Waals surface area contributed by atoms with E-state index in [0.29, 0.717) is 0 Å². The first-order chi connectivity index (χ1) is 8.15. The molecule has 0 unspecified atom stereocenters. The zero-order chi connectivity index (χ0) is 12.7. The molecule has 0 aliphatic carbocycles. The Bertz CT molecular complexity index is 298. The lowest BCUT2D eigenvalue weighted by molar-refractivity contribution is -0.152. The van der Waals surface area contributed by atoms with Gasteiger partial charge < -0.3 is 15.0 Å². The molecule has 1 heterocycles. The van der Waals surface area contributed by atoms with Crippen molar-refractivity contribution in [3.63, 3.8) is 0 Å². The van der Waals surface area contributed by atoms with Crippen molar-refractivity contribution in [2.75, 3.05) is 26.7 Å². The van der Waals surface area contributed by atoms with Crippen LogP contribution in [0.25, 0.3) is 0 Å². The maximum atomic E-state index is 11.7. The zero-order valence-electron chi connectivity index (χ0n) is 10.0. The van der Waals surface area contributed by atoms with Crippen LogP contribution >= 0.6 is 0 Å². The maximum absolute atomic E-state index is 11.7. The molecule has 0 radical (unpaired) electrons. The molecular formula is C11H18N2O4. The number of nitrogens with one attached hydrogen (secondary N) is 1. The number of hydrogen-bond donors (Lipinski definition) is 1. The molecular weight excluding hydrogens is 224 g/mol. The molecule has 0 bridgehead atoms. The summed E-state index contributed by atoms with van der Waals surface area (Å²) in [5, 5.41) is 2.34. The number of piperidine rings is 1. The van der Waals surface area contributed by atoms with Gasteiger partial charge in [0.1, 0.15) is 0 Å². The average molecular weight is 242 g/mol. The highest BCUT2D eigenvalue weighted by Gasteiger charge is 2.17. The topological polar surface area (TPSA) is 75.7 Å². The number of nitrogens with zero attached hydrogens (tertiary/aromatic N) is 1. The minimum Gasteiger partial charge on any atom is -0.462 e. The van der Waals surface area contributed by atoms with Crippen LogP contribution in [0.3, 0.4) is 0 Å². The van der Waals surface area contributed by atoms with Crippen LogP contribution in [0.1, 0.15) is 25.7 Å². The van der Waals surface area contributed by atoms with Gasteiger partial charge in [-0.1, -0.05) is 0 Å². The number of amides is 2. The van der Waals surface area contributed by atoms with Crippen molar-refractivity contribution in [2.45, 2.75) is 25.7 Å². The Hall–Kier alpha value is -1.59. The van der Waals surface area contributed by atoms with Gasteiger partial charge in [-0.2, -0.15) is 0 Å². The third-order valence-electron chi connectivity index (χ3n) is 2.70. The normalized spacial score (nSPS) is 15.2. The summed E-state index contributed by atoms with van der Waals surface area (Å²) < 4.78 is 4.24. The molecule has 1 aliphatic rings. The number of ether oxygens (including phenoxy) is 1. The van der Waals surface area contributed by atoms with Gasteiger partial charge in [0.25, 0.3) is 0 Å². The number of carbonyl (C=O) groups is 3. The summed E-state index contributed by atoms with van der Waals surface area (Å²) in [6.45, 7) is 1.76. The van der Waals surface area contributed by atoms with Crippen molar-refractivity contribution in [1.29, 1.82) is 0 Å². The van der Waals surface area contributed by atoms with Crippen LogP contribution in [0, 0.1) is 0 Å². The Kier molecular flexibility index (Phi) is 5.45. The number of likely N-dealkylation sites (tertiary alicyclic amines) is 1. The molecule has 6 heteroatoms. The van der Waals surface area contributed by atoms with Gasteiger partial charge in [-0.3, -0.25) is 9.59 Å². The standard InChI is InChI=1S/C11H18N2O4/c1-17-11(16)10(15)12-6-5-9(14)13-7-3-2-4-8-13/h2-8H2,1H3,(H,12,15). The summed E-state index contributed by atoms with van der Waals surface area (Å²) in [6, 6.07) is 0. The van der Waals surface area contributed by atoms with Crippen molar-refractivity contribution < 1.29 is 19.1 Å². The van der Waals surface area contributed by atoms with E-state index >= 15 is 0 Å². The lowest BCUT2D eigenvalue weighted by Gasteiger charge is -2.26. The second-order valence-corrected chi connectivity index (χ2v) is 3.94. The highest BCUT2D eigenvalue weighted by Crippen LogP contribution is 2.09. The molecule has 96 valence electrons. The van der Waals surface area contributed by atoms with Gasteiger partial charge in [-0.05, 0) is 19.3 Å². The number of rotatable bonds is 3. The van der Waals surface area contributed by atoms with Crippen LogP contribution in [0.2, 0.25) is 0 Å². The quantitative estimate of drug-likeness (QED) is 0.543. The fourth-order valence-corrected chi connectivity index (χ4v) is 1.75. The van der Waals surface area contributed by atoms with E-state index in [-0.39, 0.29) is 18.9 Å². The van der Waals surface area contributed by atoms with E-state index in [0.717, 1.165) is 33.0 Å². The Morgan fingerprint density at radius 3 is 2.41 bits per heavy atom. The number of methoxy groups -OCH3 is 1. The minimum absolute atomic E-state index is 0.0230. The van der Waals surface area contributed by atoms with E-state index < -0.39 is 11.9 Å². The lowest BCUT2D eigenvalue weighted by atomic mass is 10.1. The van der Waals surface area contributed by atoms with Gasteiger partial charge in [0.2, 0.25) is 5.91 Å². The molecule has 1 fully saturated rings. The van der Waals surface area contributed by atoms with E-state index in [1.165, 1.54) is 6.42 Å². The molecule has 6 nitrogen and oxygen atoms in total. The molecule has 1 N–H and O–H groups in total. The smallest absolute Gasteiger partial charge is 0.396 e. The van der Waals surface area contributed by atoms with E-state index in [4.69, 9.17) is 0 Å². The molecule has 2 amide bonds. The molecule has 0 atom stereocenters. The Morgan fingerprint density at radius 2 is 1.82 bits per heavy atom. The molecule has 0 aromatic rings. The molecule has 17 heavy (non-hydrogen) atoms. The summed E-state index contributed by atoms with van der Waals surface area (Å²) in [4.78, 5) is 35.3. The predicted molar refractivity (Wildman–Crippen MR) is 60.1 cm³/mol. The van der Waals surface area contributed by atoms with Crippen LogP contribution in [0.15, 0.2) is 0 Å². The van der Waals surface area contributed by atoms with Crippen molar-refractivity contribution >= 4 is 17.8 Å². The zero-order valence-corrected chi connectivity index (χ0v) is 10.0. The van der Waals surface area contributed by atoms with E-state index in [9.17, 15) is 14.4 Å². The molecule has 1 saturated heterocycles. The molecule has 1 rings (SSSR count). The SMILES string of the molecule is COC(=O)C(=O)NCCC(=O)N1CCCCC1. The second kappa shape index (κ2) is 6.88. The van der Waals surface area contributed by atoms with Crippen LogP contribution in [-0.4, -0.2) is 49.4 Å². The van der Waals surface area contributed by atoms with E-state index in [1.807, 2.05) is 0 Å². The van der Waals surface area contributed by atoms with Crippen LogP contribution in [0.4, 0.5) is 0 Å². The molecule has 0 saturated carbocycles. The average Bonchev–Trinajstić information content (AvgIpc) is 2.38. The third-order valence-corrected chi connectivity index (χ3v) is 2.70. The second-order valence-electron chi connectivity index (χ2n) is 3.94. The largest absolute Gasteiger partial charge is 0.462 e. The van der Waals surface area contributed by atoms with Crippen LogP contribution < -0.4 is 5.32 Å². The first-order valence-corrected chi connectivity index (χ1v) is 5.79. The summed E-state index contributed by atoms with van der Waals surface area (Å²) in [7, 11) is 1.14. The van der Waals surface area contributed by atoms with Crippen molar-refractivity contribution in [3.05, 3.63) is 0 Å². The van der Waals surface area contributed by atoms with Crippen LogP contribution in [-0.2, 0) is 19.1 Å². The Labute approximate surface area is 100 Å². The fourth-order valence-electron chi connectivity index (χ4n) is 1.75. The van der Waals surface area contributed by atoms with Gasteiger partial charge in [0.15, 0.2) is 0 Å². The predicted octanol–water partition coefficient (Wildman–Crippen LogP) is -0.322. The van der Waals surface area contributed by atoms with Gasteiger partial charge in [0.05, 0.1) is 7.11 Å². The molecule has 0 aromatic carbocycles. The van der Waals surface area contributed by atoms with Gasteiger partial charge >= 0.3 is 11.9 Å². The Balaban J connectivity index is 2.19. The Morgan fingerprint density at radius 1 is 1.18 bits per heavy atom. The minimum atomic E-state index is -0.935. The number of esters is 1. The fraction of sp³-hybridized carbons (Fsp3) is 0.727. The summed E-state index contributed by atoms with van der Waals surface area (Å²) in [5.74, 6) is -1.72. The van der Waals surface area contributed by atoms with Crippen molar-refractivity contribution in [3.8, 4) is 0 Å².